The van der Waals surface area contributed by atoms with E-state index in [0.717, 1.165) is 23.3 Å². The Morgan fingerprint density at radius 2 is 2.26 bits per heavy atom. The third kappa shape index (κ3) is 3.16. The van der Waals surface area contributed by atoms with Crippen LogP contribution in [0.2, 0.25) is 5.02 Å². The number of halogens is 1. The number of carbonyl (C=O) groups is 1. The van der Waals surface area contributed by atoms with Gasteiger partial charge in [0.15, 0.2) is 0 Å². The fourth-order valence-corrected chi connectivity index (χ4v) is 2.86. The van der Waals surface area contributed by atoms with Crippen LogP contribution in [0.5, 0.6) is 0 Å². The van der Waals surface area contributed by atoms with Crippen LogP contribution >= 0.6 is 11.6 Å². The predicted molar refractivity (Wildman–Crippen MR) is 76.4 cm³/mol. The van der Waals surface area contributed by atoms with Gasteiger partial charge in [0.05, 0.1) is 12.0 Å². The lowest BCUT2D eigenvalue weighted by Gasteiger charge is -2.32. The average Bonchev–Trinajstić information content (AvgIpc) is 2.87. The summed E-state index contributed by atoms with van der Waals surface area (Å²) in [5.41, 5.74) is 0.733. The summed E-state index contributed by atoms with van der Waals surface area (Å²) in [6.45, 7) is 4.00. The van der Waals surface area contributed by atoms with Crippen LogP contribution in [0.25, 0.3) is 0 Å². The summed E-state index contributed by atoms with van der Waals surface area (Å²) >= 11 is 6.23. The minimum absolute atomic E-state index is 0.172. The van der Waals surface area contributed by atoms with E-state index >= 15 is 0 Å². The molecular weight excluding hydrogens is 262 g/mol. The molecule has 3 nitrogen and oxygen atoms in total. The van der Waals surface area contributed by atoms with Crippen molar-refractivity contribution in [2.75, 3.05) is 26.8 Å². The fraction of sp³-hybridized carbons (Fsp3) is 0.533. The van der Waals surface area contributed by atoms with Gasteiger partial charge in [0.1, 0.15) is 6.29 Å². The number of aldehydes is 1. The zero-order valence-corrected chi connectivity index (χ0v) is 12.2. The molecular formula is C15H20ClNO2. The highest BCUT2D eigenvalue weighted by atomic mass is 35.5. The molecule has 1 fully saturated rings. The van der Waals surface area contributed by atoms with Gasteiger partial charge in [-0.2, -0.15) is 0 Å². The Hall–Kier alpha value is -0.900. The largest absolute Gasteiger partial charge is 0.380 e. The predicted octanol–water partition coefficient (Wildman–Crippen LogP) is 2.94. The van der Waals surface area contributed by atoms with Gasteiger partial charge in [-0.3, -0.25) is 4.90 Å². The summed E-state index contributed by atoms with van der Waals surface area (Å²) in [6.07, 6.45) is 1.85. The SMILES string of the molecule is CC(c1ccccc1Cl)N(C)CC1(C=O)CCOC1. The molecule has 4 heteroatoms. The van der Waals surface area contributed by atoms with E-state index < -0.39 is 0 Å². The zero-order valence-electron chi connectivity index (χ0n) is 11.4. The van der Waals surface area contributed by atoms with Gasteiger partial charge in [0, 0.05) is 24.2 Å². The highest BCUT2D eigenvalue weighted by Crippen LogP contribution is 2.32. The molecule has 2 atom stereocenters. The van der Waals surface area contributed by atoms with Crippen LogP contribution in [0.1, 0.15) is 24.9 Å². The Labute approximate surface area is 119 Å². The summed E-state index contributed by atoms with van der Waals surface area (Å²) in [5.74, 6) is 0. The van der Waals surface area contributed by atoms with Crippen molar-refractivity contribution >= 4 is 17.9 Å². The third-order valence-electron chi connectivity index (χ3n) is 3.96. The molecule has 1 heterocycles. The molecule has 2 unspecified atom stereocenters. The zero-order chi connectivity index (χ0) is 13.9. The van der Waals surface area contributed by atoms with Gasteiger partial charge in [-0.15, -0.1) is 0 Å². The van der Waals surface area contributed by atoms with Crippen molar-refractivity contribution in [2.24, 2.45) is 5.41 Å². The van der Waals surface area contributed by atoms with E-state index in [9.17, 15) is 4.79 Å². The van der Waals surface area contributed by atoms with Crippen molar-refractivity contribution in [3.8, 4) is 0 Å². The lowest BCUT2D eigenvalue weighted by Crippen LogP contribution is -2.38. The maximum Gasteiger partial charge on any atom is 0.129 e. The van der Waals surface area contributed by atoms with E-state index in [1.54, 1.807) is 0 Å². The molecule has 0 saturated carbocycles. The van der Waals surface area contributed by atoms with Gasteiger partial charge in [-0.05, 0) is 32.0 Å². The molecule has 2 rings (SSSR count). The molecule has 19 heavy (non-hydrogen) atoms. The number of hydrogen-bond acceptors (Lipinski definition) is 3. The smallest absolute Gasteiger partial charge is 0.129 e. The van der Waals surface area contributed by atoms with Gasteiger partial charge in [0.2, 0.25) is 0 Å². The van der Waals surface area contributed by atoms with Crippen molar-refractivity contribution in [1.82, 2.24) is 4.90 Å². The van der Waals surface area contributed by atoms with Crippen molar-refractivity contribution in [1.29, 1.82) is 0 Å². The van der Waals surface area contributed by atoms with E-state index in [1.807, 2.05) is 31.3 Å². The van der Waals surface area contributed by atoms with E-state index in [4.69, 9.17) is 16.3 Å². The third-order valence-corrected chi connectivity index (χ3v) is 4.31. The van der Waals surface area contributed by atoms with Crippen molar-refractivity contribution in [3.05, 3.63) is 34.9 Å². The number of hydrogen-bond donors (Lipinski definition) is 0. The molecule has 0 spiro atoms. The number of nitrogens with zero attached hydrogens (tertiary/aromatic N) is 1. The van der Waals surface area contributed by atoms with Crippen molar-refractivity contribution in [2.45, 2.75) is 19.4 Å². The first-order valence-electron chi connectivity index (χ1n) is 6.57. The minimum Gasteiger partial charge on any atom is -0.380 e. The molecule has 1 saturated heterocycles. The number of carbonyl (C=O) groups excluding carboxylic acids is 1. The van der Waals surface area contributed by atoms with Crippen molar-refractivity contribution < 1.29 is 9.53 Å². The van der Waals surface area contributed by atoms with E-state index in [2.05, 4.69) is 11.8 Å². The summed E-state index contributed by atoms with van der Waals surface area (Å²) in [7, 11) is 2.03. The Morgan fingerprint density at radius 1 is 1.53 bits per heavy atom. The number of benzene rings is 1. The maximum atomic E-state index is 11.4. The van der Waals surface area contributed by atoms with Gasteiger partial charge in [-0.1, -0.05) is 29.8 Å². The van der Waals surface area contributed by atoms with Crippen molar-refractivity contribution in [3.63, 3.8) is 0 Å². The molecule has 104 valence electrons. The fourth-order valence-electron chi connectivity index (χ4n) is 2.56. The summed E-state index contributed by atoms with van der Waals surface area (Å²) < 4.78 is 5.38. The minimum atomic E-state index is -0.357. The van der Waals surface area contributed by atoms with Crippen LogP contribution in [-0.2, 0) is 9.53 Å². The van der Waals surface area contributed by atoms with Crippen LogP contribution in [0.3, 0.4) is 0 Å². The van der Waals surface area contributed by atoms with Crippen LogP contribution in [0.4, 0.5) is 0 Å². The van der Waals surface area contributed by atoms with Crippen LogP contribution in [0, 0.1) is 5.41 Å². The molecule has 1 aromatic rings. The molecule has 0 aliphatic carbocycles. The standard InChI is InChI=1S/C15H20ClNO2/c1-12(13-5-3-4-6-14(13)16)17(2)9-15(10-18)7-8-19-11-15/h3-6,10,12H,7-9,11H2,1-2H3. The van der Waals surface area contributed by atoms with Gasteiger partial charge < -0.3 is 9.53 Å². The lowest BCUT2D eigenvalue weighted by molar-refractivity contribution is -0.117. The Bertz CT molecular complexity index is 444. The first kappa shape index (κ1) is 14.5. The second-order valence-electron chi connectivity index (χ2n) is 5.40. The molecule has 0 bridgehead atoms. The quantitative estimate of drug-likeness (QED) is 0.777. The topological polar surface area (TPSA) is 29.5 Å². The van der Waals surface area contributed by atoms with Gasteiger partial charge in [0.25, 0.3) is 0 Å². The lowest BCUT2D eigenvalue weighted by atomic mass is 9.88. The highest BCUT2D eigenvalue weighted by molar-refractivity contribution is 6.31. The Kier molecular flexibility index (Phi) is 4.61. The van der Waals surface area contributed by atoms with E-state index in [0.29, 0.717) is 19.8 Å². The number of ether oxygens (including phenoxy) is 1. The van der Waals surface area contributed by atoms with Gasteiger partial charge in [-0.25, -0.2) is 0 Å². The van der Waals surface area contributed by atoms with E-state index in [-0.39, 0.29) is 11.5 Å². The second-order valence-corrected chi connectivity index (χ2v) is 5.80. The molecule has 1 aliphatic rings. The highest BCUT2D eigenvalue weighted by Gasteiger charge is 2.36. The first-order valence-corrected chi connectivity index (χ1v) is 6.94. The Balaban J connectivity index is 2.09. The summed E-state index contributed by atoms with van der Waals surface area (Å²) in [4.78, 5) is 13.5. The normalized spacial score (nSPS) is 24.6. The monoisotopic (exact) mass is 281 g/mol. The second kappa shape index (κ2) is 6.04. The molecule has 0 aromatic heterocycles. The summed E-state index contributed by atoms with van der Waals surface area (Å²) in [6, 6.07) is 8.01. The van der Waals surface area contributed by atoms with Crippen LogP contribution in [0.15, 0.2) is 24.3 Å². The molecule has 0 radical (unpaired) electrons. The summed E-state index contributed by atoms with van der Waals surface area (Å²) in [5, 5.41) is 0.768. The Morgan fingerprint density at radius 3 is 2.84 bits per heavy atom. The molecule has 1 aliphatic heterocycles. The maximum absolute atomic E-state index is 11.4. The van der Waals surface area contributed by atoms with E-state index in [1.165, 1.54) is 0 Å². The molecule has 0 amide bonds. The number of rotatable bonds is 5. The molecule has 0 N–H and O–H groups in total. The average molecular weight is 282 g/mol. The first-order chi connectivity index (χ1) is 9.08. The van der Waals surface area contributed by atoms with Crippen LogP contribution < -0.4 is 0 Å². The van der Waals surface area contributed by atoms with Crippen LogP contribution in [-0.4, -0.2) is 38.0 Å². The molecule has 1 aromatic carbocycles. The van der Waals surface area contributed by atoms with Gasteiger partial charge >= 0.3 is 0 Å².